The van der Waals surface area contributed by atoms with Gasteiger partial charge >= 0.3 is 0 Å². The van der Waals surface area contributed by atoms with Gasteiger partial charge in [0.05, 0.1) is 0 Å². The van der Waals surface area contributed by atoms with E-state index in [1.807, 2.05) is 0 Å². The van der Waals surface area contributed by atoms with E-state index in [2.05, 4.69) is 50.1 Å². The van der Waals surface area contributed by atoms with E-state index in [9.17, 15) is 4.79 Å². The summed E-state index contributed by atoms with van der Waals surface area (Å²) in [5.41, 5.74) is 3.60. The molecule has 0 spiro atoms. The first-order valence-electron chi connectivity index (χ1n) is 8.75. The SMILES string of the molecule is CC[C@@]12CC3C(C(C)=O)C[C@]1(C)C(Cc1ccccc12)N3C. The highest BCUT2D eigenvalue weighted by Gasteiger charge is 2.66. The highest BCUT2D eigenvalue weighted by Crippen LogP contribution is 2.66. The summed E-state index contributed by atoms with van der Waals surface area (Å²) in [5, 5.41) is 0. The van der Waals surface area contributed by atoms with E-state index < -0.39 is 0 Å². The highest BCUT2D eigenvalue weighted by molar-refractivity contribution is 5.80. The normalized spacial score (nSPS) is 43.0. The van der Waals surface area contributed by atoms with Gasteiger partial charge in [0.25, 0.3) is 0 Å². The Morgan fingerprint density at radius 2 is 2.05 bits per heavy atom. The Bertz CT molecular complexity index is 638. The summed E-state index contributed by atoms with van der Waals surface area (Å²) in [7, 11) is 2.26. The van der Waals surface area contributed by atoms with Crippen LogP contribution >= 0.6 is 0 Å². The maximum Gasteiger partial charge on any atom is 0.134 e. The number of Topliss-reactive ketones (excluding diaryl/α,β-unsaturated/α-hetero) is 1. The molecule has 1 saturated carbocycles. The Hall–Kier alpha value is -1.15. The second-order valence-corrected chi connectivity index (χ2v) is 8.09. The number of fused-ring (bicyclic) bond motifs is 2. The standard InChI is InChI=1S/C20H27NO/c1-5-20-12-17-15(13(2)22)11-19(20,3)18(21(17)4)10-14-8-6-7-9-16(14)20/h6-9,15,17-18H,5,10-12H2,1-4H3/t15?,17?,18?,19-,20+/m1/s1. The summed E-state index contributed by atoms with van der Waals surface area (Å²) in [6.45, 7) is 6.62. The van der Waals surface area contributed by atoms with Crippen molar-refractivity contribution in [1.29, 1.82) is 0 Å². The number of rotatable bonds is 2. The van der Waals surface area contributed by atoms with Gasteiger partial charge in [0.15, 0.2) is 0 Å². The molecule has 0 radical (unpaired) electrons. The summed E-state index contributed by atoms with van der Waals surface area (Å²) in [6, 6.07) is 10.1. The van der Waals surface area contributed by atoms with Gasteiger partial charge in [-0.05, 0) is 56.2 Å². The van der Waals surface area contributed by atoms with Crippen LogP contribution in [0.15, 0.2) is 24.3 Å². The van der Waals surface area contributed by atoms with Crippen molar-refractivity contribution in [1.82, 2.24) is 4.90 Å². The fourth-order valence-electron chi connectivity index (χ4n) is 6.40. The van der Waals surface area contributed by atoms with E-state index in [1.54, 1.807) is 18.1 Å². The molecule has 5 rings (SSSR count). The first-order chi connectivity index (χ1) is 10.4. The van der Waals surface area contributed by atoms with Crippen LogP contribution in [0.1, 0.15) is 51.2 Å². The third-order valence-corrected chi connectivity index (χ3v) is 7.58. The number of nitrogens with zero attached hydrogens (tertiary/aromatic N) is 1. The van der Waals surface area contributed by atoms with Crippen molar-refractivity contribution < 1.29 is 4.79 Å². The Morgan fingerprint density at radius 3 is 2.73 bits per heavy atom. The Balaban J connectivity index is 1.93. The number of likely N-dealkylation sites (N-methyl/N-ethyl adjacent to an activating group) is 1. The van der Waals surface area contributed by atoms with Crippen molar-refractivity contribution in [2.75, 3.05) is 7.05 Å². The predicted molar refractivity (Wildman–Crippen MR) is 89.0 cm³/mol. The van der Waals surface area contributed by atoms with Crippen molar-refractivity contribution >= 4 is 5.78 Å². The molecule has 3 unspecified atom stereocenters. The third kappa shape index (κ3) is 1.47. The average molecular weight is 297 g/mol. The number of ketones is 1. The summed E-state index contributed by atoms with van der Waals surface area (Å²) in [4.78, 5) is 14.8. The lowest BCUT2D eigenvalue weighted by atomic mass is 9.41. The van der Waals surface area contributed by atoms with E-state index in [0.717, 1.165) is 19.3 Å². The molecule has 5 atom stereocenters. The molecule has 2 nitrogen and oxygen atoms in total. The fraction of sp³-hybridized carbons (Fsp3) is 0.650. The molecule has 4 bridgehead atoms. The molecule has 1 aromatic carbocycles. The summed E-state index contributed by atoms with van der Waals surface area (Å²) in [5.74, 6) is 0.622. The fourth-order valence-corrected chi connectivity index (χ4v) is 6.40. The van der Waals surface area contributed by atoms with E-state index in [-0.39, 0.29) is 16.7 Å². The van der Waals surface area contributed by atoms with Gasteiger partial charge in [-0.3, -0.25) is 9.69 Å². The number of hydrogen-bond acceptors (Lipinski definition) is 2. The summed E-state index contributed by atoms with van der Waals surface area (Å²) < 4.78 is 0. The molecule has 0 aromatic heterocycles. The minimum Gasteiger partial charge on any atom is -0.300 e. The van der Waals surface area contributed by atoms with Crippen LogP contribution in [0.3, 0.4) is 0 Å². The minimum atomic E-state index is 0.218. The molecule has 0 N–H and O–H groups in total. The van der Waals surface area contributed by atoms with E-state index >= 15 is 0 Å². The molecule has 2 heterocycles. The van der Waals surface area contributed by atoms with Crippen LogP contribution in [-0.2, 0) is 16.6 Å². The third-order valence-electron chi connectivity index (χ3n) is 7.58. The van der Waals surface area contributed by atoms with Crippen LogP contribution in [0.4, 0.5) is 0 Å². The second-order valence-electron chi connectivity index (χ2n) is 8.09. The number of carbonyl (C=O) groups excluding carboxylic acids is 1. The molecule has 2 heteroatoms. The maximum atomic E-state index is 12.2. The molecule has 3 fully saturated rings. The zero-order valence-corrected chi connectivity index (χ0v) is 14.2. The molecule has 2 aliphatic carbocycles. The van der Waals surface area contributed by atoms with Gasteiger partial charge in [0.1, 0.15) is 5.78 Å². The van der Waals surface area contributed by atoms with E-state index in [4.69, 9.17) is 0 Å². The van der Waals surface area contributed by atoms with Crippen molar-refractivity contribution in [3.63, 3.8) is 0 Å². The summed E-state index contributed by atoms with van der Waals surface area (Å²) >= 11 is 0. The first-order valence-corrected chi connectivity index (χ1v) is 8.75. The van der Waals surface area contributed by atoms with Crippen LogP contribution in [0.25, 0.3) is 0 Å². The van der Waals surface area contributed by atoms with Gasteiger partial charge in [-0.25, -0.2) is 0 Å². The number of benzene rings is 1. The molecule has 0 amide bonds. The molecule has 118 valence electrons. The smallest absolute Gasteiger partial charge is 0.134 e. The predicted octanol–water partition coefficient (Wildman–Crippen LogP) is 3.58. The minimum absolute atomic E-state index is 0.218. The quantitative estimate of drug-likeness (QED) is 0.831. The zero-order chi connectivity index (χ0) is 15.7. The van der Waals surface area contributed by atoms with Crippen LogP contribution in [0.5, 0.6) is 0 Å². The van der Waals surface area contributed by atoms with Crippen LogP contribution in [-0.4, -0.2) is 29.8 Å². The number of piperidine rings is 2. The Labute approximate surface area is 133 Å². The maximum absolute atomic E-state index is 12.2. The van der Waals surface area contributed by atoms with Crippen molar-refractivity contribution in [3.8, 4) is 0 Å². The van der Waals surface area contributed by atoms with Gasteiger partial charge in [-0.2, -0.15) is 0 Å². The van der Waals surface area contributed by atoms with Crippen molar-refractivity contribution in [3.05, 3.63) is 35.4 Å². The molecule has 1 aromatic rings. The molecule has 4 aliphatic rings. The molecule has 2 saturated heterocycles. The van der Waals surface area contributed by atoms with E-state index in [0.29, 0.717) is 17.9 Å². The lowest BCUT2D eigenvalue weighted by molar-refractivity contribution is -0.165. The molecular weight excluding hydrogens is 270 g/mol. The van der Waals surface area contributed by atoms with Gasteiger partial charge in [-0.15, -0.1) is 0 Å². The van der Waals surface area contributed by atoms with E-state index in [1.165, 1.54) is 6.42 Å². The molecule has 2 aliphatic heterocycles. The summed E-state index contributed by atoms with van der Waals surface area (Å²) in [6.07, 6.45) is 4.55. The van der Waals surface area contributed by atoms with Crippen LogP contribution in [0.2, 0.25) is 0 Å². The monoisotopic (exact) mass is 297 g/mol. The lowest BCUT2D eigenvalue weighted by Gasteiger charge is -2.70. The average Bonchev–Trinajstić information content (AvgIpc) is 2.50. The Morgan fingerprint density at radius 1 is 1.32 bits per heavy atom. The molecular formula is C20H27NO. The molecule has 22 heavy (non-hydrogen) atoms. The number of hydrogen-bond donors (Lipinski definition) is 0. The largest absolute Gasteiger partial charge is 0.300 e. The van der Waals surface area contributed by atoms with Crippen molar-refractivity contribution in [2.24, 2.45) is 11.3 Å². The van der Waals surface area contributed by atoms with Crippen molar-refractivity contribution in [2.45, 2.75) is 64.0 Å². The topological polar surface area (TPSA) is 20.3 Å². The lowest BCUT2D eigenvalue weighted by Crippen LogP contribution is -2.74. The van der Waals surface area contributed by atoms with Crippen LogP contribution in [0, 0.1) is 11.3 Å². The number of carbonyl (C=O) groups is 1. The highest BCUT2D eigenvalue weighted by atomic mass is 16.1. The van der Waals surface area contributed by atoms with Gasteiger partial charge < -0.3 is 0 Å². The van der Waals surface area contributed by atoms with Gasteiger partial charge in [0, 0.05) is 23.4 Å². The van der Waals surface area contributed by atoms with Crippen LogP contribution < -0.4 is 0 Å². The van der Waals surface area contributed by atoms with Gasteiger partial charge in [-0.1, -0.05) is 38.1 Å². The first kappa shape index (κ1) is 14.4. The van der Waals surface area contributed by atoms with Gasteiger partial charge in [0.2, 0.25) is 0 Å². The second kappa shape index (κ2) is 4.44. The zero-order valence-electron chi connectivity index (χ0n) is 14.2. The Kier molecular flexibility index (Phi) is 2.92.